The molecule has 0 radical (unpaired) electrons. The van der Waals surface area contributed by atoms with E-state index in [-0.39, 0.29) is 0 Å². The summed E-state index contributed by atoms with van der Waals surface area (Å²) in [4.78, 5) is 8.90. The molecule has 0 spiro atoms. The van der Waals surface area contributed by atoms with Crippen LogP contribution in [-0.2, 0) is 6.42 Å². The van der Waals surface area contributed by atoms with E-state index < -0.39 is 5.60 Å². The number of hydrogen-bond acceptors (Lipinski definition) is 5. The quantitative estimate of drug-likeness (QED) is 0.734. The minimum atomic E-state index is -0.560. The molecule has 1 aromatic heterocycles. The van der Waals surface area contributed by atoms with Gasteiger partial charge in [0.1, 0.15) is 17.5 Å². The van der Waals surface area contributed by atoms with Crippen LogP contribution in [0.25, 0.3) is 0 Å². The topological polar surface area (TPSA) is 70.1 Å². The van der Waals surface area contributed by atoms with Gasteiger partial charge in [0.05, 0.1) is 5.60 Å². The number of nitrogens with one attached hydrogen (secondary N) is 2. The van der Waals surface area contributed by atoms with Crippen LogP contribution >= 0.6 is 0 Å². The summed E-state index contributed by atoms with van der Waals surface area (Å²) in [7, 11) is 1.85. The van der Waals surface area contributed by atoms with Crippen molar-refractivity contribution in [1.82, 2.24) is 9.97 Å². The lowest BCUT2D eigenvalue weighted by molar-refractivity contribution is 0.0614. The number of rotatable bonds is 6. The number of hydrogen-bond donors (Lipinski definition) is 3. The second-order valence-corrected chi connectivity index (χ2v) is 5.34. The second-order valence-electron chi connectivity index (χ2n) is 5.34. The molecule has 0 amide bonds. The number of nitrogens with zero attached hydrogens (tertiary/aromatic N) is 2. The summed E-state index contributed by atoms with van der Waals surface area (Å²) in [5.74, 6) is 2.46. The maximum absolute atomic E-state index is 10.3. The molecule has 19 heavy (non-hydrogen) atoms. The first-order chi connectivity index (χ1) is 9.15. The fourth-order valence-corrected chi connectivity index (χ4v) is 2.52. The van der Waals surface area contributed by atoms with E-state index in [2.05, 4.69) is 27.5 Å². The fourth-order valence-electron chi connectivity index (χ4n) is 2.52. The first-order valence-electron chi connectivity index (χ1n) is 7.17. The van der Waals surface area contributed by atoms with Gasteiger partial charge in [0, 0.05) is 26.1 Å². The van der Waals surface area contributed by atoms with Gasteiger partial charge in [-0.2, -0.15) is 0 Å². The molecule has 0 aliphatic heterocycles. The molecule has 106 valence electrons. The van der Waals surface area contributed by atoms with Crippen LogP contribution in [0, 0.1) is 0 Å². The monoisotopic (exact) mass is 264 g/mol. The maximum Gasteiger partial charge on any atom is 0.133 e. The number of aliphatic hydroxyl groups is 1. The summed E-state index contributed by atoms with van der Waals surface area (Å²) in [6, 6.07) is 1.89. The molecule has 5 nitrogen and oxygen atoms in total. The molecule has 1 saturated carbocycles. The highest BCUT2D eigenvalue weighted by Crippen LogP contribution is 2.29. The Morgan fingerprint density at radius 1 is 1.26 bits per heavy atom. The van der Waals surface area contributed by atoms with Gasteiger partial charge >= 0.3 is 0 Å². The summed E-state index contributed by atoms with van der Waals surface area (Å²) in [5.41, 5.74) is -0.560. The van der Waals surface area contributed by atoms with E-state index in [0.29, 0.717) is 6.54 Å². The Morgan fingerprint density at radius 3 is 2.58 bits per heavy atom. The highest BCUT2D eigenvalue weighted by molar-refractivity contribution is 5.47. The molecule has 0 aromatic carbocycles. The molecule has 5 heteroatoms. The zero-order chi connectivity index (χ0) is 13.7. The van der Waals surface area contributed by atoms with Crippen LogP contribution in [0.5, 0.6) is 0 Å². The Labute approximate surface area is 114 Å². The number of anilines is 2. The van der Waals surface area contributed by atoms with Crippen LogP contribution < -0.4 is 10.6 Å². The van der Waals surface area contributed by atoms with Crippen molar-refractivity contribution in [1.29, 1.82) is 0 Å². The van der Waals surface area contributed by atoms with Crippen molar-refractivity contribution in [2.24, 2.45) is 0 Å². The van der Waals surface area contributed by atoms with Gasteiger partial charge in [0.2, 0.25) is 0 Å². The lowest BCUT2D eigenvalue weighted by Crippen LogP contribution is -2.33. The predicted molar refractivity (Wildman–Crippen MR) is 77.5 cm³/mol. The highest BCUT2D eigenvalue weighted by Gasteiger charge is 2.30. The summed E-state index contributed by atoms with van der Waals surface area (Å²) < 4.78 is 0. The van der Waals surface area contributed by atoms with Crippen LogP contribution in [-0.4, -0.2) is 34.3 Å². The summed E-state index contributed by atoms with van der Waals surface area (Å²) >= 11 is 0. The second kappa shape index (κ2) is 6.19. The van der Waals surface area contributed by atoms with E-state index in [9.17, 15) is 5.11 Å². The molecule has 3 N–H and O–H groups in total. The fraction of sp³-hybridized carbons (Fsp3) is 0.714. The zero-order valence-corrected chi connectivity index (χ0v) is 11.9. The van der Waals surface area contributed by atoms with Crippen LogP contribution in [0.15, 0.2) is 6.07 Å². The average molecular weight is 264 g/mol. The Balaban J connectivity index is 2.04. The van der Waals surface area contributed by atoms with Crippen LogP contribution in [0.3, 0.4) is 0 Å². The third-order valence-corrected chi connectivity index (χ3v) is 3.64. The van der Waals surface area contributed by atoms with Gasteiger partial charge in [-0.25, -0.2) is 9.97 Å². The average Bonchev–Trinajstić information content (AvgIpc) is 2.84. The SMILES string of the molecule is CCCc1nc(NC)cc(NCC2(O)CCCC2)n1. The van der Waals surface area contributed by atoms with Crippen molar-refractivity contribution in [2.75, 3.05) is 24.2 Å². The van der Waals surface area contributed by atoms with Crippen molar-refractivity contribution in [2.45, 2.75) is 51.0 Å². The molecule has 0 unspecified atom stereocenters. The van der Waals surface area contributed by atoms with Gasteiger partial charge in [-0.05, 0) is 19.3 Å². The van der Waals surface area contributed by atoms with E-state index in [1.165, 1.54) is 0 Å². The molecular formula is C14H24N4O. The summed E-state index contributed by atoms with van der Waals surface area (Å²) in [6.45, 7) is 2.68. The van der Waals surface area contributed by atoms with Crippen LogP contribution in [0.4, 0.5) is 11.6 Å². The molecule has 1 fully saturated rings. The van der Waals surface area contributed by atoms with Gasteiger partial charge in [-0.1, -0.05) is 19.8 Å². The third kappa shape index (κ3) is 3.80. The zero-order valence-electron chi connectivity index (χ0n) is 11.9. The van der Waals surface area contributed by atoms with E-state index in [4.69, 9.17) is 0 Å². The van der Waals surface area contributed by atoms with E-state index in [1.807, 2.05) is 13.1 Å². The Morgan fingerprint density at radius 2 is 1.95 bits per heavy atom. The van der Waals surface area contributed by atoms with Gasteiger partial charge < -0.3 is 15.7 Å². The van der Waals surface area contributed by atoms with Crippen LogP contribution in [0.2, 0.25) is 0 Å². The van der Waals surface area contributed by atoms with Crippen molar-refractivity contribution < 1.29 is 5.11 Å². The smallest absolute Gasteiger partial charge is 0.133 e. The molecule has 0 atom stereocenters. The Kier molecular flexibility index (Phi) is 4.58. The summed E-state index contributed by atoms with van der Waals surface area (Å²) in [6.07, 6.45) is 5.89. The lowest BCUT2D eigenvalue weighted by Gasteiger charge is -2.22. The molecule has 1 aliphatic rings. The lowest BCUT2D eigenvalue weighted by atomic mass is 10.0. The highest BCUT2D eigenvalue weighted by atomic mass is 16.3. The van der Waals surface area contributed by atoms with E-state index in [1.54, 1.807) is 0 Å². The van der Waals surface area contributed by atoms with Crippen molar-refractivity contribution in [3.8, 4) is 0 Å². The molecular weight excluding hydrogens is 240 g/mol. The van der Waals surface area contributed by atoms with Gasteiger partial charge in [0.25, 0.3) is 0 Å². The summed E-state index contributed by atoms with van der Waals surface area (Å²) in [5, 5.41) is 16.6. The maximum atomic E-state index is 10.3. The van der Waals surface area contributed by atoms with E-state index in [0.717, 1.165) is 56.0 Å². The predicted octanol–water partition coefficient (Wildman–Crippen LogP) is 2.19. The minimum Gasteiger partial charge on any atom is -0.388 e. The Hall–Kier alpha value is -1.36. The van der Waals surface area contributed by atoms with Crippen molar-refractivity contribution in [3.05, 3.63) is 11.9 Å². The van der Waals surface area contributed by atoms with Crippen molar-refractivity contribution >= 4 is 11.6 Å². The van der Waals surface area contributed by atoms with Gasteiger partial charge in [-0.15, -0.1) is 0 Å². The minimum absolute atomic E-state index is 0.560. The first kappa shape index (κ1) is 14.1. The van der Waals surface area contributed by atoms with Gasteiger partial charge in [0.15, 0.2) is 0 Å². The normalized spacial score (nSPS) is 17.4. The standard InChI is InChI=1S/C14H24N4O/c1-3-6-11-17-12(15-2)9-13(18-11)16-10-14(19)7-4-5-8-14/h9,19H,3-8,10H2,1-2H3,(H2,15,16,17,18). The number of aromatic nitrogens is 2. The molecule has 1 aromatic rings. The van der Waals surface area contributed by atoms with E-state index >= 15 is 0 Å². The third-order valence-electron chi connectivity index (χ3n) is 3.64. The molecule has 1 heterocycles. The van der Waals surface area contributed by atoms with Gasteiger partial charge in [-0.3, -0.25) is 0 Å². The van der Waals surface area contributed by atoms with Crippen LogP contribution in [0.1, 0.15) is 44.9 Å². The molecule has 2 rings (SSSR count). The molecule has 0 bridgehead atoms. The van der Waals surface area contributed by atoms with Crippen molar-refractivity contribution in [3.63, 3.8) is 0 Å². The Bertz CT molecular complexity index is 416. The molecule has 0 saturated heterocycles. The molecule has 1 aliphatic carbocycles. The largest absolute Gasteiger partial charge is 0.388 e. The first-order valence-corrected chi connectivity index (χ1v) is 7.17. The number of aryl methyl sites for hydroxylation is 1.